The summed E-state index contributed by atoms with van der Waals surface area (Å²) in [5, 5.41) is 0. The third-order valence-electron chi connectivity index (χ3n) is 3.13. The molecule has 2 aromatic rings. The zero-order valence-corrected chi connectivity index (χ0v) is 9.26. The molecule has 0 aliphatic carbocycles. The Kier molecular flexibility index (Phi) is 2.29. The van der Waals surface area contributed by atoms with Gasteiger partial charge in [0.25, 0.3) is 0 Å². The Balaban J connectivity index is 2.13. The van der Waals surface area contributed by atoms with Gasteiger partial charge in [0.2, 0.25) is 5.95 Å². The third-order valence-corrected chi connectivity index (χ3v) is 3.13. The minimum atomic E-state index is 0.684. The highest BCUT2D eigenvalue weighted by Gasteiger charge is 2.19. The van der Waals surface area contributed by atoms with E-state index in [1.807, 2.05) is 6.07 Å². The normalized spacial score (nSPS) is 15.4. The lowest BCUT2D eigenvalue weighted by atomic mass is 10.3. The van der Waals surface area contributed by atoms with Crippen molar-refractivity contribution in [3.8, 4) is 0 Å². The molecule has 2 heterocycles. The first kappa shape index (κ1) is 9.66. The van der Waals surface area contributed by atoms with Crippen LogP contribution in [-0.4, -0.2) is 29.2 Å². The number of aryl methyl sites for hydroxylation is 1. The number of benzene rings is 1. The predicted octanol–water partition coefficient (Wildman–Crippen LogP) is 1.21. The summed E-state index contributed by atoms with van der Waals surface area (Å²) in [6, 6.07) is 8.31. The second-order valence-corrected chi connectivity index (χ2v) is 4.18. The Labute approximate surface area is 94.7 Å². The van der Waals surface area contributed by atoms with Crippen LogP contribution in [0.4, 0.5) is 5.95 Å². The van der Waals surface area contributed by atoms with E-state index >= 15 is 0 Å². The number of nitrogens with two attached hydrogens (primary N) is 1. The van der Waals surface area contributed by atoms with Gasteiger partial charge in [-0.05, 0) is 18.6 Å². The lowest BCUT2D eigenvalue weighted by molar-refractivity contribution is 0.567. The molecule has 1 aliphatic rings. The fraction of sp³-hybridized carbons (Fsp3) is 0.417. The molecular formula is C12H16N4. The number of para-hydroxylation sites is 2. The molecule has 0 amide bonds. The largest absolute Gasteiger partial charge is 0.341 e. The van der Waals surface area contributed by atoms with Crippen LogP contribution in [0.3, 0.4) is 0 Å². The third kappa shape index (κ3) is 1.38. The van der Waals surface area contributed by atoms with E-state index in [2.05, 4.69) is 32.7 Å². The van der Waals surface area contributed by atoms with Gasteiger partial charge in [0.15, 0.2) is 0 Å². The molecule has 4 nitrogen and oxygen atoms in total. The first-order valence-corrected chi connectivity index (χ1v) is 5.80. The number of hydrogen-bond acceptors (Lipinski definition) is 3. The summed E-state index contributed by atoms with van der Waals surface area (Å²) in [5.41, 5.74) is 7.95. The number of rotatable bonds is 2. The van der Waals surface area contributed by atoms with Crippen molar-refractivity contribution in [1.82, 2.24) is 9.55 Å². The van der Waals surface area contributed by atoms with Crippen molar-refractivity contribution in [2.75, 3.05) is 24.5 Å². The van der Waals surface area contributed by atoms with Crippen LogP contribution in [-0.2, 0) is 6.54 Å². The van der Waals surface area contributed by atoms with E-state index in [0.717, 1.165) is 31.1 Å². The lowest BCUT2D eigenvalue weighted by Crippen LogP contribution is -2.36. The van der Waals surface area contributed by atoms with Crippen LogP contribution >= 0.6 is 0 Å². The minimum Gasteiger partial charge on any atom is -0.341 e. The minimum absolute atomic E-state index is 0.684. The summed E-state index contributed by atoms with van der Waals surface area (Å²) in [6.07, 6.45) is 1.17. The van der Waals surface area contributed by atoms with Gasteiger partial charge in [-0.25, -0.2) is 4.98 Å². The quantitative estimate of drug-likeness (QED) is 0.820. The number of imidazole rings is 1. The number of fused-ring (bicyclic) bond motifs is 3. The zero-order chi connectivity index (χ0) is 11.0. The Hall–Kier alpha value is -1.55. The number of anilines is 1. The molecule has 0 bridgehead atoms. The van der Waals surface area contributed by atoms with Gasteiger partial charge < -0.3 is 15.2 Å². The highest BCUT2D eigenvalue weighted by molar-refractivity contribution is 5.79. The van der Waals surface area contributed by atoms with Gasteiger partial charge >= 0.3 is 0 Å². The molecule has 0 saturated carbocycles. The zero-order valence-electron chi connectivity index (χ0n) is 9.26. The van der Waals surface area contributed by atoms with Crippen LogP contribution in [0, 0.1) is 0 Å². The summed E-state index contributed by atoms with van der Waals surface area (Å²) in [6.45, 7) is 3.71. The maximum atomic E-state index is 5.63. The summed E-state index contributed by atoms with van der Waals surface area (Å²) >= 11 is 0. The highest BCUT2D eigenvalue weighted by Crippen LogP contribution is 2.25. The predicted molar refractivity (Wildman–Crippen MR) is 65.6 cm³/mol. The van der Waals surface area contributed by atoms with E-state index < -0.39 is 0 Å². The molecule has 16 heavy (non-hydrogen) atoms. The molecule has 84 valence electrons. The molecular weight excluding hydrogens is 200 g/mol. The van der Waals surface area contributed by atoms with E-state index in [1.54, 1.807) is 0 Å². The fourth-order valence-corrected chi connectivity index (χ4v) is 2.41. The lowest BCUT2D eigenvalue weighted by Gasteiger charge is -2.28. The first-order chi connectivity index (χ1) is 7.90. The Bertz CT molecular complexity index is 503. The van der Waals surface area contributed by atoms with E-state index in [4.69, 9.17) is 5.73 Å². The summed E-state index contributed by atoms with van der Waals surface area (Å²) < 4.78 is 2.30. The molecule has 0 spiro atoms. The Morgan fingerprint density at radius 3 is 3.00 bits per heavy atom. The molecule has 0 atom stereocenters. The van der Waals surface area contributed by atoms with Crippen molar-refractivity contribution in [3.05, 3.63) is 24.3 Å². The molecule has 4 heteroatoms. The van der Waals surface area contributed by atoms with Crippen molar-refractivity contribution in [2.24, 2.45) is 5.73 Å². The van der Waals surface area contributed by atoms with Crippen molar-refractivity contribution in [1.29, 1.82) is 0 Å². The Morgan fingerprint density at radius 2 is 2.12 bits per heavy atom. The molecule has 2 N–H and O–H groups in total. The number of nitrogens with zero attached hydrogens (tertiary/aromatic N) is 3. The number of hydrogen-bond donors (Lipinski definition) is 1. The van der Waals surface area contributed by atoms with Crippen LogP contribution in [0.5, 0.6) is 0 Å². The number of aromatic nitrogens is 2. The smallest absolute Gasteiger partial charge is 0.206 e. The van der Waals surface area contributed by atoms with Gasteiger partial charge in [-0.15, -0.1) is 0 Å². The van der Waals surface area contributed by atoms with Crippen molar-refractivity contribution >= 4 is 17.0 Å². The fourth-order valence-electron chi connectivity index (χ4n) is 2.41. The molecule has 0 fully saturated rings. The second kappa shape index (κ2) is 3.79. The average Bonchev–Trinajstić information content (AvgIpc) is 2.69. The van der Waals surface area contributed by atoms with Crippen LogP contribution in [0.15, 0.2) is 24.3 Å². The van der Waals surface area contributed by atoms with E-state index in [0.29, 0.717) is 6.54 Å². The van der Waals surface area contributed by atoms with E-state index in [-0.39, 0.29) is 0 Å². The van der Waals surface area contributed by atoms with Crippen molar-refractivity contribution < 1.29 is 0 Å². The SMILES string of the molecule is NCCN1CCCn2c1nc1ccccc12. The summed E-state index contributed by atoms with van der Waals surface area (Å²) in [4.78, 5) is 6.97. The second-order valence-electron chi connectivity index (χ2n) is 4.18. The summed E-state index contributed by atoms with van der Waals surface area (Å²) in [5.74, 6) is 1.08. The van der Waals surface area contributed by atoms with Gasteiger partial charge in [0.05, 0.1) is 11.0 Å². The van der Waals surface area contributed by atoms with Crippen LogP contribution < -0.4 is 10.6 Å². The molecule has 1 aromatic heterocycles. The Morgan fingerprint density at radius 1 is 1.25 bits per heavy atom. The van der Waals surface area contributed by atoms with E-state index in [1.165, 1.54) is 11.9 Å². The maximum Gasteiger partial charge on any atom is 0.206 e. The molecule has 1 aromatic carbocycles. The summed E-state index contributed by atoms with van der Waals surface area (Å²) in [7, 11) is 0. The van der Waals surface area contributed by atoms with Crippen molar-refractivity contribution in [3.63, 3.8) is 0 Å². The average molecular weight is 216 g/mol. The molecule has 3 rings (SSSR count). The van der Waals surface area contributed by atoms with Crippen LogP contribution in [0.25, 0.3) is 11.0 Å². The molecule has 0 radical (unpaired) electrons. The van der Waals surface area contributed by atoms with Gasteiger partial charge in [0.1, 0.15) is 0 Å². The van der Waals surface area contributed by atoms with Gasteiger partial charge in [-0.1, -0.05) is 12.1 Å². The van der Waals surface area contributed by atoms with Gasteiger partial charge in [-0.3, -0.25) is 0 Å². The molecule has 0 saturated heterocycles. The first-order valence-electron chi connectivity index (χ1n) is 5.80. The van der Waals surface area contributed by atoms with E-state index in [9.17, 15) is 0 Å². The maximum absolute atomic E-state index is 5.63. The standard InChI is InChI=1S/C12H16N4/c13-6-9-15-7-3-8-16-11-5-2-1-4-10(11)14-12(15)16/h1-2,4-5H,3,6-9,13H2. The monoisotopic (exact) mass is 216 g/mol. The van der Waals surface area contributed by atoms with Gasteiger partial charge in [0, 0.05) is 26.2 Å². The topological polar surface area (TPSA) is 47.1 Å². The van der Waals surface area contributed by atoms with Gasteiger partial charge in [-0.2, -0.15) is 0 Å². The molecule has 0 unspecified atom stereocenters. The highest BCUT2D eigenvalue weighted by atomic mass is 15.3. The van der Waals surface area contributed by atoms with Crippen molar-refractivity contribution in [2.45, 2.75) is 13.0 Å². The molecule has 1 aliphatic heterocycles. The van der Waals surface area contributed by atoms with Crippen LogP contribution in [0.2, 0.25) is 0 Å². The van der Waals surface area contributed by atoms with Crippen LogP contribution in [0.1, 0.15) is 6.42 Å².